The summed E-state index contributed by atoms with van der Waals surface area (Å²) < 4.78 is 36.5. The lowest BCUT2D eigenvalue weighted by atomic mass is 10.2. The molecule has 0 saturated carbocycles. The molecule has 1 aromatic heterocycles. The summed E-state index contributed by atoms with van der Waals surface area (Å²) >= 11 is 0. The molecule has 1 aromatic carbocycles. The topological polar surface area (TPSA) is 74.4 Å². The van der Waals surface area contributed by atoms with E-state index < -0.39 is 17.6 Å². The van der Waals surface area contributed by atoms with Crippen LogP contribution in [0.1, 0.15) is 17.3 Å². The van der Waals surface area contributed by atoms with Crippen molar-refractivity contribution < 1.29 is 23.0 Å². The molecule has 0 bridgehead atoms. The minimum Gasteiger partial charge on any atom is -0.462 e. The molecule has 0 radical (unpaired) electrons. The van der Waals surface area contributed by atoms with Crippen LogP contribution in [0.4, 0.5) is 14.5 Å². The standard InChI is InChI=1S/C14H12F2N2O3/c1-2-20-14(19)8-6-12(18-7-10(8)17)21-11-5-3-4-9(15)13(11)16/h3-7H,2,17H2,1H3. The SMILES string of the molecule is CCOC(=O)c1cc(Oc2cccc(F)c2F)ncc1N. The van der Waals surface area contributed by atoms with Crippen LogP contribution in [-0.2, 0) is 4.74 Å². The number of benzene rings is 1. The maximum absolute atomic E-state index is 13.5. The smallest absolute Gasteiger partial charge is 0.340 e. The summed E-state index contributed by atoms with van der Waals surface area (Å²) in [6, 6.07) is 4.69. The second-order valence-corrected chi connectivity index (χ2v) is 3.98. The third-order valence-electron chi connectivity index (χ3n) is 2.54. The Labute approximate surface area is 119 Å². The minimum atomic E-state index is -1.14. The number of nitrogen functional groups attached to an aromatic ring is 1. The van der Waals surface area contributed by atoms with Gasteiger partial charge in [-0.3, -0.25) is 0 Å². The Morgan fingerprint density at radius 2 is 2.14 bits per heavy atom. The predicted octanol–water partition coefficient (Wildman–Crippen LogP) is 2.91. The summed E-state index contributed by atoms with van der Waals surface area (Å²) in [5.74, 6) is -3.29. The van der Waals surface area contributed by atoms with Gasteiger partial charge in [-0.05, 0) is 19.1 Å². The number of aromatic nitrogens is 1. The first-order valence-electron chi connectivity index (χ1n) is 6.07. The molecule has 2 N–H and O–H groups in total. The van der Waals surface area contributed by atoms with E-state index in [-0.39, 0.29) is 29.5 Å². The highest BCUT2D eigenvalue weighted by molar-refractivity contribution is 5.95. The van der Waals surface area contributed by atoms with Gasteiger partial charge in [0.25, 0.3) is 0 Å². The molecule has 0 atom stereocenters. The van der Waals surface area contributed by atoms with Gasteiger partial charge >= 0.3 is 5.97 Å². The van der Waals surface area contributed by atoms with Crippen molar-refractivity contribution in [2.45, 2.75) is 6.92 Å². The number of carbonyl (C=O) groups excluding carboxylic acids is 1. The van der Waals surface area contributed by atoms with Crippen molar-refractivity contribution in [1.82, 2.24) is 4.98 Å². The number of rotatable bonds is 4. The van der Waals surface area contributed by atoms with Crippen molar-refractivity contribution in [3.8, 4) is 11.6 Å². The zero-order valence-corrected chi connectivity index (χ0v) is 11.1. The molecular weight excluding hydrogens is 282 g/mol. The molecule has 21 heavy (non-hydrogen) atoms. The highest BCUT2D eigenvalue weighted by atomic mass is 19.2. The van der Waals surface area contributed by atoms with Crippen molar-refractivity contribution in [1.29, 1.82) is 0 Å². The average Bonchev–Trinajstić information content (AvgIpc) is 2.46. The normalized spacial score (nSPS) is 10.2. The van der Waals surface area contributed by atoms with Gasteiger partial charge in [-0.2, -0.15) is 4.39 Å². The van der Waals surface area contributed by atoms with Crippen LogP contribution in [0.15, 0.2) is 30.5 Å². The van der Waals surface area contributed by atoms with E-state index in [0.29, 0.717) is 0 Å². The molecular formula is C14H12F2N2O3. The first-order valence-corrected chi connectivity index (χ1v) is 6.07. The Hall–Kier alpha value is -2.70. The Bertz CT molecular complexity index is 677. The molecule has 0 spiro atoms. The molecule has 110 valence electrons. The predicted molar refractivity (Wildman–Crippen MR) is 71.0 cm³/mol. The molecule has 1 heterocycles. The fraction of sp³-hybridized carbons (Fsp3) is 0.143. The van der Waals surface area contributed by atoms with Gasteiger partial charge in [0.05, 0.1) is 24.1 Å². The number of pyridine rings is 1. The highest BCUT2D eigenvalue weighted by Gasteiger charge is 2.15. The summed E-state index contributed by atoms with van der Waals surface area (Å²) in [5, 5.41) is 0. The first-order chi connectivity index (χ1) is 10.0. The molecule has 0 unspecified atom stereocenters. The number of nitrogens with zero attached hydrogens (tertiary/aromatic N) is 1. The fourth-order valence-corrected chi connectivity index (χ4v) is 1.56. The molecule has 0 amide bonds. The molecule has 0 aliphatic heterocycles. The summed E-state index contributed by atoms with van der Waals surface area (Å²) in [4.78, 5) is 15.5. The minimum absolute atomic E-state index is 0.0404. The van der Waals surface area contributed by atoms with Crippen LogP contribution in [0.5, 0.6) is 11.6 Å². The van der Waals surface area contributed by atoms with E-state index in [1.807, 2.05) is 0 Å². The Kier molecular flexibility index (Phi) is 4.32. The van der Waals surface area contributed by atoms with Gasteiger partial charge in [0.2, 0.25) is 11.7 Å². The third-order valence-corrected chi connectivity index (χ3v) is 2.54. The van der Waals surface area contributed by atoms with Crippen molar-refractivity contribution in [3.63, 3.8) is 0 Å². The van der Waals surface area contributed by atoms with E-state index in [1.54, 1.807) is 6.92 Å². The van der Waals surface area contributed by atoms with Crippen LogP contribution >= 0.6 is 0 Å². The number of hydrogen-bond donors (Lipinski definition) is 1. The summed E-state index contributed by atoms with van der Waals surface area (Å²) in [7, 11) is 0. The van der Waals surface area contributed by atoms with Gasteiger partial charge in [-0.15, -0.1) is 0 Å². The Morgan fingerprint density at radius 1 is 1.38 bits per heavy atom. The fourth-order valence-electron chi connectivity index (χ4n) is 1.56. The number of anilines is 1. The van der Waals surface area contributed by atoms with Gasteiger partial charge in [0, 0.05) is 6.07 Å². The maximum Gasteiger partial charge on any atom is 0.340 e. The van der Waals surface area contributed by atoms with Crippen molar-refractivity contribution in [3.05, 3.63) is 47.7 Å². The van der Waals surface area contributed by atoms with E-state index in [0.717, 1.165) is 6.07 Å². The van der Waals surface area contributed by atoms with Gasteiger partial charge < -0.3 is 15.2 Å². The monoisotopic (exact) mass is 294 g/mol. The lowest BCUT2D eigenvalue weighted by Gasteiger charge is -2.09. The molecule has 0 fully saturated rings. The van der Waals surface area contributed by atoms with Gasteiger partial charge in [-0.1, -0.05) is 6.07 Å². The first kappa shape index (κ1) is 14.7. The van der Waals surface area contributed by atoms with Crippen LogP contribution in [-0.4, -0.2) is 17.6 Å². The van der Waals surface area contributed by atoms with E-state index in [2.05, 4.69) is 4.98 Å². The van der Waals surface area contributed by atoms with Crippen molar-refractivity contribution >= 4 is 11.7 Å². The van der Waals surface area contributed by atoms with Gasteiger partial charge in [-0.25, -0.2) is 14.2 Å². The second kappa shape index (κ2) is 6.17. The summed E-state index contributed by atoms with van der Waals surface area (Å²) in [5.41, 5.74) is 5.75. The van der Waals surface area contributed by atoms with E-state index >= 15 is 0 Å². The summed E-state index contributed by atoms with van der Waals surface area (Å²) in [6.07, 6.45) is 1.18. The number of halogens is 2. The van der Waals surface area contributed by atoms with Crippen molar-refractivity contribution in [2.75, 3.05) is 12.3 Å². The maximum atomic E-state index is 13.5. The number of ether oxygens (including phenoxy) is 2. The molecule has 0 saturated heterocycles. The molecule has 5 nitrogen and oxygen atoms in total. The molecule has 7 heteroatoms. The van der Waals surface area contributed by atoms with Gasteiger partial charge in [0.1, 0.15) is 0 Å². The van der Waals surface area contributed by atoms with Crippen LogP contribution in [0.3, 0.4) is 0 Å². The molecule has 2 aromatic rings. The molecule has 2 rings (SSSR count). The number of carbonyl (C=O) groups is 1. The Morgan fingerprint density at radius 3 is 2.86 bits per heavy atom. The lowest BCUT2D eigenvalue weighted by molar-refractivity contribution is 0.0527. The van der Waals surface area contributed by atoms with Crippen LogP contribution in [0.25, 0.3) is 0 Å². The van der Waals surface area contributed by atoms with Crippen molar-refractivity contribution in [2.24, 2.45) is 0 Å². The van der Waals surface area contributed by atoms with E-state index in [1.165, 1.54) is 24.4 Å². The molecule has 0 aliphatic carbocycles. The van der Waals surface area contributed by atoms with Crippen LogP contribution < -0.4 is 10.5 Å². The second-order valence-electron chi connectivity index (χ2n) is 3.98. The third kappa shape index (κ3) is 3.25. The molecule has 0 aliphatic rings. The average molecular weight is 294 g/mol. The highest BCUT2D eigenvalue weighted by Crippen LogP contribution is 2.26. The number of hydrogen-bond acceptors (Lipinski definition) is 5. The quantitative estimate of drug-likeness (QED) is 0.878. The Balaban J connectivity index is 2.31. The van der Waals surface area contributed by atoms with E-state index in [4.69, 9.17) is 15.2 Å². The van der Waals surface area contributed by atoms with E-state index in [9.17, 15) is 13.6 Å². The summed E-state index contributed by atoms with van der Waals surface area (Å²) in [6.45, 7) is 1.82. The van der Waals surface area contributed by atoms with Crippen LogP contribution in [0.2, 0.25) is 0 Å². The zero-order chi connectivity index (χ0) is 15.4. The largest absolute Gasteiger partial charge is 0.462 e. The lowest BCUT2D eigenvalue weighted by Crippen LogP contribution is -2.09. The van der Waals surface area contributed by atoms with Crippen LogP contribution in [0, 0.1) is 11.6 Å². The van der Waals surface area contributed by atoms with Gasteiger partial charge in [0.15, 0.2) is 11.6 Å². The zero-order valence-electron chi connectivity index (χ0n) is 11.1. The number of esters is 1. The number of nitrogens with two attached hydrogens (primary N) is 1.